The van der Waals surface area contributed by atoms with Crippen molar-refractivity contribution in [1.29, 1.82) is 0 Å². The van der Waals surface area contributed by atoms with Crippen LogP contribution in [0.15, 0.2) is 36.4 Å². The summed E-state index contributed by atoms with van der Waals surface area (Å²) in [5, 5.41) is 0.0999. The van der Waals surface area contributed by atoms with Crippen molar-refractivity contribution in [3.05, 3.63) is 52.8 Å². The van der Waals surface area contributed by atoms with Crippen molar-refractivity contribution < 1.29 is 9.13 Å². The minimum absolute atomic E-state index is 0.0999. The predicted octanol–water partition coefficient (Wildman–Crippen LogP) is 3.71. The molecule has 3 nitrogen and oxygen atoms in total. The molecule has 0 unspecified atom stereocenters. The van der Waals surface area contributed by atoms with E-state index in [0.29, 0.717) is 17.0 Å². The number of nitrogen functional groups attached to an aromatic ring is 1. The van der Waals surface area contributed by atoms with Crippen molar-refractivity contribution in [1.82, 2.24) is 0 Å². The average Bonchev–Trinajstić information content (AvgIpc) is 2.41. The Kier molecular flexibility index (Phi) is 4.35. The highest BCUT2D eigenvalue weighted by atomic mass is 35.5. The molecule has 20 heavy (non-hydrogen) atoms. The molecule has 0 fully saturated rings. The van der Waals surface area contributed by atoms with E-state index in [0.717, 1.165) is 5.69 Å². The maximum absolute atomic E-state index is 13.3. The summed E-state index contributed by atoms with van der Waals surface area (Å²) >= 11 is 5.64. The zero-order valence-electron chi connectivity index (χ0n) is 11.4. The van der Waals surface area contributed by atoms with Gasteiger partial charge >= 0.3 is 0 Å². The van der Waals surface area contributed by atoms with Gasteiger partial charge in [0.15, 0.2) is 0 Å². The van der Waals surface area contributed by atoms with Crippen LogP contribution in [0.2, 0.25) is 5.02 Å². The van der Waals surface area contributed by atoms with Crippen LogP contribution in [0.4, 0.5) is 15.8 Å². The number of benzene rings is 2. The molecule has 0 saturated carbocycles. The van der Waals surface area contributed by atoms with Crippen molar-refractivity contribution in [2.75, 3.05) is 24.7 Å². The Bertz CT molecular complexity index is 617. The molecule has 0 bridgehead atoms. The van der Waals surface area contributed by atoms with Crippen molar-refractivity contribution in [3.63, 3.8) is 0 Å². The number of ether oxygens (including phenoxy) is 1. The van der Waals surface area contributed by atoms with E-state index in [2.05, 4.69) is 0 Å². The first kappa shape index (κ1) is 14.5. The Morgan fingerprint density at radius 3 is 2.60 bits per heavy atom. The smallest absolute Gasteiger partial charge is 0.144 e. The lowest BCUT2D eigenvalue weighted by atomic mass is 10.2. The van der Waals surface area contributed by atoms with Crippen molar-refractivity contribution in [2.24, 2.45) is 0 Å². The number of hydrogen-bond acceptors (Lipinski definition) is 3. The van der Waals surface area contributed by atoms with E-state index in [1.165, 1.54) is 12.1 Å². The Morgan fingerprint density at radius 1 is 1.20 bits per heavy atom. The first-order chi connectivity index (χ1) is 9.47. The van der Waals surface area contributed by atoms with Gasteiger partial charge in [-0.1, -0.05) is 17.7 Å². The van der Waals surface area contributed by atoms with Gasteiger partial charge in [-0.05, 0) is 29.8 Å². The van der Waals surface area contributed by atoms with Crippen LogP contribution in [0.25, 0.3) is 0 Å². The molecule has 0 aliphatic rings. The van der Waals surface area contributed by atoms with Crippen LogP contribution in [-0.2, 0) is 6.61 Å². The zero-order valence-corrected chi connectivity index (χ0v) is 12.1. The summed E-state index contributed by atoms with van der Waals surface area (Å²) in [7, 11) is 3.87. The number of hydrogen-bond donors (Lipinski definition) is 1. The molecule has 0 spiro atoms. The molecule has 2 N–H and O–H groups in total. The number of anilines is 2. The molecule has 0 amide bonds. The van der Waals surface area contributed by atoms with E-state index in [1.54, 1.807) is 12.1 Å². The van der Waals surface area contributed by atoms with Gasteiger partial charge in [0.2, 0.25) is 0 Å². The van der Waals surface area contributed by atoms with Crippen LogP contribution >= 0.6 is 11.6 Å². The van der Waals surface area contributed by atoms with Gasteiger partial charge in [0.1, 0.15) is 18.2 Å². The van der Waals surface area contributed by atoms with Gasteiger partial charge in [0.05, 0.1) is 10.7 Å². The van der Waals surface area contributed by atoms with Gasteiger partial charge in [-0.2, -0.15) is 0 Å². The van der Waals surface area contributed by atoms with E-state index < -0.39 is 5.82 Å². The maximum atomic E-state index is 13.3. The molecule has 106 valence electrons. The third-order valence-corrected chi connectivity index (χ3v) is 3.20. The summed E-state index contributed by atoms with van der Waals surface area (Å²) < 4.78 is 19.0. The molecular formula is C15H16ClFN2O. The van der Waals surface area contributed by atoms with E-state index in [4.69, 9.17) is 22.1 Å². The fourth-order valence-corrected chi connectivity index (χ4v) is 1.83. The van der Waals surface area contributed by atoms with Crippen LogP contribution in [0.1, 0.15) is 5.56 Å². The van der Waals surface area contributed by atoms with E-state index in [-0.39, 0.29) is 11.6 Å². The molecule has 0 atom stereocenters. The summed E-state index contributed by atoms with van der Waals surface area (Å²) in [5.74, 6) is 0.120. The van der Waals surface area contributed by atoms with Crippen LogP contribution in [0.5, 0.6) is 5.75 Å². The summed E-state index contributed by atoms with van der Waals surface area (Å²) in [6, 6.07) is 10.1. The standard InChI is InChI=1S/C15H16ClFN2O/c1-19(2)11-4-6-14(18)15(8-11)20-9-10-3-5-12(16)13(17)7-10/h3-8H,9,18H2,1-2H3. The molecule has 0 aromatic heterocycles. The van der Waals surface area contributed by atoms with Crippen LogP contribution < -0.4 is 15.4 Å². The minimum atomic E-state index is -0.456. The Hall–Kier alpha value is -1.94. The average molecular weight is 295 g/mol. The zero-order chi connectivity index (χ0) is 14.7. The van der Waals surface area contributed by atoms with Crippen molar-refractivity contribution >= 4 is 23.0 Å². The Morgan fingerprint density at radius 2 is 1.95 bits per heavy atom. The van der Waals surface area contributed by atoms with Gasteiger partial charge in [-0.15, -0.1) is 0 Å². The van der Waals surface area contributed by atoms with Gasteiger partial charge in [0, 0.05) is 25.8 Å². The molecule has 0 aliphatic carbocycles. The summed E-state index contributed by atoms with van der Waals surface area (Å²) in [6.45, 7) is 0.231. The lowest BCUT2D eigenvalue weighted by molar-refractivity contribution is 0.307. The number of halogens is 2. The molecule has 0 saturated heterocycles. The molecular weight excluding hydrogens is 279 g/mol. The second-order valence-electron chi connectivity index (χ2n) is 4.65. The van der Waals surface area contributed by atoms with E-state index >= 15 is 0 Å². The summed E-state index contributed by atoms with van der Waals surface area (Å²) in [6.07, 6.45) is 0. The highest BCUT2D eigenvalue weighted by Crippen LogP contribution is 2.27. The third-order valence-electron chi connectivity index (χ3n) is 2.89. The lowest BCUT2D eigenvalue weighted by Gasteiger charge is -2.16. The van der Waals surface area contributed by atoms with Crippen molar-refractivity contribution in [2.45, 2.75) is 6.61 Å². The van der Waals surface area contributed by atoms with Crippen LogP contribution in [0, 0.1) is 5.82 Å². The Labute approximate surface area is 122 Å². The lowest BCUT2D eigenvalue weighted by Crippen LogP contribution is -2.09. The summed E-state index contributed by atoms with van der Waals surface area (Å²) in [4.78, 5) is 1.95. The van der Waals surface area contributed by atoms with Crippen LogP contribution in [-0.4, -0.2) is 14.1 Å². The Balaban J connectivity index is 2.13. The first-order valence-electron chi connectivity index (χ1n) is 6.11. The maximum Gasteiger partial charge on any atom is 0.144 e. The molecule has 2 aromatic carbocycles. The van der Waals surface area contributed by atoms with Gasteiger partial charge in [-0.25, -0.2) is 4.39 Å². The molecule has 0 aliphatic heterocycles. The molecule has 0 radical (unpaired) electrons. The molecule has 0 heterocycles. The monoisotopic (exact) mass is 294 g/mol. The normalized spacial score (nSPS) is 10.4. The number of nitrogens with zero attached hydrogens (tertiary/aromatic N) is 1. The highest BCUT2D eigenvalue weighted by molar-refractivity contribution is 6.30. The number of nitrogens with two attached hydrogens (primary N) is 1. The molecule has 5 heteroatoms. The van der Waals surface area contributed by atoms with Gasteiger partial charge in [0.25, 0.3) is 0 Å². The first-order valence-corrected chi connectivity index (χ1v) is 6.49. The topological polar surface area (TPSA) is 38.5 Å². The fraction of sp³-hybridized carbons (Fsp3) is 0.200. The summed E-state index contributed by atoms with van der Waals surface area (Å²) in [5.41, 5.74) is 8.09. The van der Waals surface area contributed by atoms with Gasteiger partial charge < -0.3 is 15.4 Å². The van der Waals surface area contributed by atoms with Gasteiger partial charge in [-0.3, -0.25) is 0 Å². The van der Waals surface area contributed by atoms with Crippen molar-refractivity contribution in [3.8, 4) is 5.75 Å². The largest absolute Gasteiger partial charge is 0.487 e. The number of rotatable bonds is 4. The highest BCUT2D eigenvalue weighted by Gasteiger charge is 2.06. The SMILES string of the molecule is CN(C)c1ccc(N)c(OCc2ccc(Cl)c(F)c2)c1. The fourth-order valence-electron chi connectivity index (χ4n) is 1.72. The second-order valence-corrected chi connectivity index (χ2v) is 5.06. The van der Waals surface area contributed by atoms with E-state index in [9.17, 15) is 4.39 Å². The molecule has 2 aromatic rings. The van der Waals surface area contributed by atoms with Crippen LogP contribution in [0.3, 0.4) is 0 Å². The minimum Gasteiger partial charge on any atom is -0.487 e. The molecule has 2 rings (SSSR count). The second kappa shape index (κ2) is 6.01. The predicted molar refractivity (Wildman–Crippen MR) is 80.9 cm³/mol. The van der Waals surface area contributed by atoms with E-state index in [1.807, 2.05) is 31.1 Å². The quantitative estimate of drug-likeness (QED) is 0.874. The third kappa shape index (κ3) is 3.33.